The fraction of sp³-hybridized carbons (Fsp3) is 0.125. The largest absolute Gasteiger partial charge is 0.361 e. The van der Waals surface area contributed by atoms with Gasteiger partial charge in [0.05, 0.1) is 6.42 Å². The van der Waals surface area contributed by atoms with E-state index >= 15 is 0 Å². The Balaban J connectivity index is 1.70. The molecule has 0 radical (unpaired) electrons. The molecule has 0 atom stereocenters. The molecule has 0 aliphatic carbocycles. The van der Waals surface area contributed by atoms with Crippen LogP contribution in [0.2, 0.25) is 0 Å². The number of nitrogens with zero attached hydrogens (tertiary/aromatic N) is 1. The zero-order valence-corrected chi connectivity index (χ0v) is 11.2. The first-order valence-electron chi connectivity index (χ1n) is 6.49. The van der Waals surface area contributed by atoms with Gasteiger partial charge in [-0.1, -0.05) is 12.1 Å². The molecule has 3 rings (SSSR count). The van der Waals surface area contributed by atoms with Crippen LogP contribution >= 0.6 is 0 Å². The van der Waals surface area contributed by atoms with E-state index in [4.69, 9.17) is 0 Å². The Labute approximate surface area is 116 Å². The fourth-order valence-corrected chi connectivity index (χ4v) is 2.13. The molecule has 0 unspecified atom stereocenters. The Kier molecular flexibility index (Phi) is 3.21. The van der Waals surface area contributed by atoms with E-state index in [0.29, 0.717) is 12.2 Å². The second-order valence-corrected chi connectivity index (χ2v) is 4.85. The van der Waals surface area contributed by atoms with Crippen LogP contribution in [0.4, 0.5) is 5.82 Å². The summed E-state index contributed by atoms with van der Waals surface area (Å²) in [6, 6.07) is 11.7. The van der Waals surface area contributed by atoms with E-state index in [-0.39, 0.29) is 5.91 Å². The second kappa shape index (κ2) is 5.17. The molecular weight excluding hydrogens is 250 g/mol. The average Bonchev–Trinajstić information content (AvgIpc) is 2.89. The van der Waals surface area contributed by atoms with Crippen molar-refractivity contribution in [3.05, 3.63) is 59.9 Å². The van der Waals surface area contributed by atoms with E-state index in [2.05, 4.69) is 15.3 Å². The number of pyridine rings is 1. The number of hydrogen-bond acceptors (Lipinski definition) is 2. The van der Waals surface area contributed by atoms with Crippen molar-refractivity contribution in [3.63, 3.8) is 0 Å². The number of anilines is 1. The summed E-state index contributed by atoms with van der Waals surface area (Å²) < 4.78 is 0. The minimum Gasteiger partial charge on any atom is -0.361 e. The average molecular weight is 265 g/mol. The Bertz CT molecular complexity index is 744. The first kappa shape index (κ1) is 12.4. The molecule has 0 fully saturated rings. The molecule has 0 bridgehead atoms. The van der Waals surface area contributed by atoms with Crippen LogP contribution in [0.25, 0.3) is 10.9 Å². The summed E-state index contributed by atoms with van der Waals surface area (Å²) in [4.78, 5) is 19.3. The van der Waals surface area contributed by atoms with Gasteiger partial charge < -0.3 is 10.3 Å². The Hall–Kier alpha value is -2.62. The van der Waals surface area contributed by atoms with Crippen LogP contribution in [0, 0.1) is 6.92 Å². The van der Waals surface area contributed by atoms with Gasteiger partial charge in [0.2, 0.25) is 5.91 Å². The highest BCUT2D eigenvalue weighted by atomic mass is 16.1. The third kappa shape index (κ3) is 2.69. The smallest absolute Gasteiger partial charge is 0.229 e. The summed E-state index contributed by atoms with van der Waals surface area (Å²) in [6.07, 6.45) is 3.98. The molecule has 4 heteroatoms. The number of amides is 1. The molecule has 1 amide bonds. The number of carbonyl (C=O) groups is 1. The number of carbonyl (C=O) groups excluding carboxylic acids is 1. The lowest BCUT2D eigenvalue weighted by Gasteiger charge is -2.05. The number of aromatic nitrogens is 2. The molecule has 1 aromatic carbocycles. The van der Waals surface area contributed by atoms with Gasteiger partial charge >= 0.3 is 0 Å². The number of rotatable bonds is 3. The number of H-pyrrole nitrogens is 1. The molecule has 3 aromatic rings. The summed E-state index contributed by atoms with van der Waals surface area (Å²) in [7, 11) is 0. The fourth-order valence-electron chi connectivity index (χ4n) is 2.13. The number of aryl methyl sites for hydroxylation is 1. The van der Waals surface area contributed by atoms with Gasteiger partial charge in [-0.15, -0.1) is 0 Å². The first-order chi connectivity index (χ1) is 9.70. The highest BCUT2D eigenvalue weighted by Crippen LogP contribution is 2.15. The van der Waals surface area contributed by atoms with E-state index in [1.54, 1.807) is 6.20 Å². The SMILES string of the molecule is Cc1ccc(NC(=O)Cc2ccc3[nH]ccc3c2)nc1. The number of benzene rings is 1. The Morgan fingerprint density at radius 3 is 2.95 bits per heavy atom. The van der Waals surface area contributed by atoms with Crippen molar-refractivity contribution in [2.45, 2.75) is 13.3 Å². The maximum atomic E-state index is 12.0. The van der Waals surface area contributed by atoms with Gasteiger partial charge in [-0.25, -0.2) is 4.98 Å². The molecule has 0 aliphatic heterocycles. The molecule has 0 saturated carbocycles. The summed E-state index contributed by atoms with van der Waals surface area (Å²) in [6.45, 7) is 1.96. The molecule has 0 saturated heterocycles. The van der Waals surface area contributed by atoms with Crippen LogP contribution in [0.3, 0.4) is 0 Å². The highest BCUT2D eigenvalue weighted by Gasteiger charge is 2.06. The quantitative estimate of drug-likeness (QED) is 0.764. The van der Waals surface area contributed by atoms with E-state index < -0.39 is 0 Å². The van der Waals surface area contributed by atoms with Crippen LogP contribution in [-0.2, 0) is 11.2 Å². The molecular formula is C16H15N3O. The van der Waals surface area contributed by atoms with Crippen LogP contribution in [0.1, 0.15) is 11.1 Å². The van der Waals surface area contributed by atoms with Crippen LogP contribution in [0.5, 0.6) is 0 Å². The van der Waals surface area contributed by atoms with Crippen molar-refractivity contribution in [1.82, 2.24) is 9.97 Å². The monoisotopic (exact) mass is 265 g/mol. The lowest BCUT2D eigenvalue weighted by atomic mass is 10.1. The van der Waals surface area contributed by atoms with Gasteiger partial charge in [0.15, 0.2) is 0 Å². The van der Waals surface area contributed by atoms with Gasteiger partial charge in [-0.3, -0.25) is 4.79 Å². The Morgan fingerprint density at radius 1 is 1.25 bits per heavy atom. The van der Waals surface area contributed by atoms with Crippen LogP contribution in [-0.4, -0.2) is 15.9 Å². The molecule has 0 spiro atoms. The highest BCUT2D eigenvalue weighted by molar-refractivity contribution is 5.92. The minimum atomic E-state index is -0.0590. The molecule has 2 heterocycles. The van der Waals surface area contributed by atoms with Crippen molar-refractivity contribution >= 4 is 22.6 Å². The van der Waals surface area contributed by atoms with Gasteiger partial charge in [0.1, 0.15) is 5.82 Å². The standard InChI is InChI=1S/C16H15N3O/c1-11-2-5-15(18-10-11)19-16(20)9-12-3-4-14-13(8-12)6-7-17-14/h2-8,10,17H,9H2,1H3,(H,18,19,20). The van der Waals surface area contributed by atoms with Crippen molar-refractivity contribution in [2.75, 3.05) is 5.32 Å². The van der Waals surface area contributed by atoms with Crippen molar-refractivity contribution in [1.29, 1.82) is 0 Å². The summed E-state index contributed by atoms with van der Waals surface area (Å²) in [5.74, 6) is 0.527. The zero-order chi connectivity index (χ0) is 13.9. The normalized spacial score (nSPS) is 10.7. The number of nitrogens with one attached hydrogen (secondary N) is 2. The van der Waals surface area contributed by atoms with E-state index in [1.165, 1.54) is 0 Å². The number of fused-ring (bicyclic) bond motifs is 1. The van der Waals surface area contributed by atoms with Crippen molar-refractivity contribution < 1.29 is 4.79 Å². The lowest BCUT2D eigenvalue weighted by Crippen LogP contribution is -2.15. The molecule has 2 aromatic heterocycles. The molecule has 100 valence electrons. The third-order valence-electron chi connectivity index (χ3n) is 3.16. The zero-order valence-electron chi connectivity index (χ0n) is 11.2. The summed E-state index contributed by atoms with van der Waals surface area (Å²) >= 11 is 0. The predicted octanol–water partition coefficient (Wildman–Crippen LogP) is 3.05. The van der Waals surface area contributed by atoms with Gasteiger partial charge in [-0.2, -0.15) is 0 Å². The Morgan fingerprint density at radius 2 is 2.15 bits per heavy atom. The van der Waals surface area contributed by atoms with Gasteiger partial charge in [0.25, 0.3) is 0 Å². The van der Waals surface area contributed by atoms with E-state index in [9.17, 15) is 4.79 Å². The number of aromatic amines is 1. The van der Waals surface area contributed by atoms with Gasteiger partial charge in [-0.05, 0) is 47.7 Å². The third-order valence-corrected chi connectivity index (χ3v) is 3.16. The molecule has 2 N–H and O–H groups in total. The summed E-state index contributed by atoms with van der Waals surface area (Å²) in [5, 5.41) is 3.92. The van der Waals surface area contributed by atoms with Gasteiger partial charge in [0, 0.05) is 17.9 Å². The van der Waals surface area contributed by atoms with Crippen molar-refractivity contribution in [3.8, 4) is 0 Å². The molecule has 20 heavy (non-hydrogen) atoms. The molecule has 0 aliphatic rings. The predicted molar refractivity (Wildman–Crippen MR) is 79.6 cm³/mol. The first-order valence-corrected chi connectivity index (χ1v) is 6.49. The number of hydrogen-bond donors (Lipinski definition) is 2. The maximum absolute atomic E-state index is 12.0. The minimum absolute atomic E-state index is 0.0590. The topological polar surface area (TPSA) is 57.8 Å². The summed E-state index contributed by atoms with van der Waals surface area (Å²) in [5.41, 5.74) is 3.14. The van der Waals surface area contributed by atoms with Crippen molar-refractivity contribution in [2.24, 2.45) is 0 Å². The van der Waals surface area contributed by atoms with E-state index in [1.807, 2.05) is 49.5 Å². The van der Waals surface area contributed by atoms with Crippen LogP contribution < -0.4 is 5.32 Å². The molecule has 4 nitrogen and oxygen atoms in total. The van der Waals surface area contributed by atoms with E-state index in [0.717, 1.165) is 22.0 Å². The maximum Gasteiger partial charge on any atom is 0.229 e. The lowest BCUT2D eigenvalue weighted by molar-refractivity contribution is -0.115. The van der Waals surface area contributed by atoms with Crippen LogP contribution in [0.15, 0.2) is 48.8 Å². The second-order valence-electron chi connectivity index (χ2n) is 4.85.